The van der Waals surface area contributed by atoms with E-state index in [1.807, 2.05) is 12.1 Å². The van der Waals surface area contributed by atoms with Gasteiger partial charge in [0.1, 0.15) is 12.4 Å². The van der Waals surface area contributed by atoms with E-state index in [1.165, 1.54) is 0 Å². The van der Waals surface area contributed by atoms with Gasteiger partial charge in [-0.15, -0.1) is 0 Å². The van der Waals surface area contributed by atoms with E-state index < -0.39 is 0 Å². The van der Waals surface area contributed by atoms with E-state index in [-0.39, 0.29) is 12.0 Å². The first-order valence-corrected chi connectivity index (χ1v) is 6.92. The fraction of sp³-hybridized carbons (Fsp3) is 0.533. The molecule has 20 heavy (non-hydrogen) atoms. The molecule has 1 saturated heterocycles. The van der Waals surface area contributed by atoms with Crippen LogP contribution in [0.3, 0.4) is 0 Å². The third kappa shape index (κ3) is 4.21. The van der Waals surface area contributed by atoms with Gasteiger partial charge in [0.25, 0.3) is 5.91 Å². The van der Waals surface area contributed by atoms with E-state index in [0.29, 0.717) is 31.1 Å². The van der Waals surface area contributed by atoms with Crippen LogP contribution in [0.15, 0.2) is 24.3 Å². The van der Waals surface area contributed by atoms with Gasteiger partial charge in [-0.25, -0.2) is 0 Å². The van der Waals surface area contributed by atoms with Gasteiger partial charge in [-0.1, -0.05) is 12.1 Å². The summed E-state index contributed by atoms with van der Waals surface area (Å²) < 4.78 is 16.2. The Morgan fingerprint density at radius 2 is 2.30 bits per heavy atom. The van der Waals surface area contributed by atoms with Gasteiger partial charge < -0.3 is 19.5 Å². The van der Waals surface area contributed by atoms with Gasteiger partial charge in [0.15, 0.2) is 0 Å². The van der Waals surface area contributed by atoms with Crippen LogP contribution in [-0.2, 0) is 9.47 Å². The molecular weight excluding hydrogens is 258 g/mol. The van der Waals surface area contributed by atoms with Crippen LogP contribution in [0.25, 0.3) is 0 Å². The van der Waals surface area contributed by atoms with E-state index in [2.05, 4.69) is 5.32 Å². The summed E-state index contributed by atoms with van der Waals surface area (Å²) in [6.45, 7) is 2.26. The van der Waals surface area contributed by atoms with Gasteiger partial charge >= 0.3 is 0 Å². The number of hydrogen-bond donors (Lipinski definition) is 1. The number of ether oxygens (including phenoxy) is 3. The summed E-state index contributed by atoms with van der Waals surface area (Å²) in [7, 11) is 1.60. The second-order valence-corrected chi connectivity index (χ2v) is 4.69. The monoisotopic (exact) mass is 279 g/mol. The maximum atomic E-state index is 12.1. The first-order valence-electron chi connectivity index (χ1n) is 6.92. The molecule has 0 radical (unpaired) electrons. The standard InChI is InChI=1S/C15H21NO4/c1-18-10-8-16-15(17)13-6-2-3-7-14(13)20-11-12-5-4-9-19-12/h2-3,6-7,12H,4-5,8-11H2,1H3,(H,16,17)/t12-/m1/s1. The van der Waals surface area contributed by atoms with Crippen molar-refractivity contribution in [3.05, 3.63) is 29.8 Å². The summed E-state index contributed by atoms with van der Waals surface area (Å²) in [6, 6.07) is 7.24. The Hall–Kier alpha value is -1.59. The minimum absolute atomic E-state index is 0.139. The third-order valence-electron chi connectivity index (χ3n) is 3.17. The van der Waals surface area contributed by atoms with Crippen molar-refractivity contribution in [1.82, 2.24) is 5.32 Å². The minimum Gasteiger partial charge on any atom is -0.490 e. The van der Waals surface area contributed by atoms with Crippen LogP contribution in [0.1, 0.15) is 23.2 Å². The van der Waals surface area contributed by atoms with Crippen LogP contribution in [0, 0.1) is 0 Å². The van der Waals surface area contributed by atoms with Crippen LogP contribution in [0.5, 0.6) is 5.75 Å². The minimum atomic E-state index is -0.148. The van der Waals surface area contributed by atoms with Crippen LogP contribution in [-0.4, -0.2) is 45.5 Å². The van der Waals surface area contributed by atoms with Gasteiger partial charge in [0.2, 0.25) is 0 Å². The first-order chi connectivity index (χ1) is 9.81. The molecule has 0 aliphatic carbocycles. The number of benzene rings is 1. The van der Waals surface area contributed by atoms with E-state index >= 15 is 0 Å². The number of amides is 1. The first kappa shape index (κ1) is 14.8. The molecule has 1 fully saturated rings. The average molecular weight is 279 g/mol. The highest BCUT2D eigenvalue weighted by atomic mass is 16.5. The Morgan fingerprint density at radius 3 is 3.05 bits per heavy atom. The molecule has 1 amide bonds. The third-order valence-corrected chi connectivity index (χ3v) is 3.17. The van der Waals surface area contributed by atoms with Gasteiger partial charge in [-0.05, 0) is 25.0 Å². The van der Waals surface area contributed by atoms with Crippen LogP contribution in [0.2, 0.25) is 0 Å². The van der Waals surface area contributed by atoms with Crippen molar-refractivity contribution < 1.29 is 19.0 Å². The summed E-state index contributed by atoms with van der Waals surface area (Å²) in [4.78, 5) is 12.1. The van der Waals surface area contributed by atoms with Crippen LogP contribution in [0.4, 0.5) is 0 Å². The Morgan fingerprint density at radius 1 is 1.45 bits per heavy atom. The molecule has 5 nitrogen and oxygen atoms in total. The Labute approximate surface area is 119 Å². The molecule has 5 heteroatoms. The largest absolute Gasteiger partial charge is 0.490 e. The highest BCUT2D eigenvalue weighted by Crippen LogP contribution is 2.20. The number of rotatable bonds is 7. The highest BCUT2D eigenvalue weighted by Gasteiger charge is 2.18. The Kier molecular flexibility index (Phi) is 5.83. The Balaban J connectivity index is 1.92. The van der Waals surface area contributed by atoms with E-state index in [1.54, 1.807) is 19.2 Å². The fourth-order valence-corrected chi connectivity index (χ4v) is 2.10. The van der Waals surface area contributed by atoms with Crippen LogP contribution < -0.4 is 10.1 Å². The molecule has 0 saturated carbocycles. The summed E-state index contributed by atoms with van der Waals surface area (Å²) in [5.41, 5.74) is 0.543. The zero-order valence-electron chi connectivity index (χ0n) is 11.8. The van der Waals surface area contributed by atoms with Crippen molar-refractivity contribution in [2.45, 2.75) is 18.9 Å². The zero-order chi connectivity index (χ0) is 14.2. The summed E-state index contributed by atoms with van der Waals surface area (Å²) in [5.74, 6) is 0.447. The molecule has 0 bridgehead atoms. The van der Waals surface area contributed by atoms with Gasteiger partial charge in [0, 0.05) is 20.3 Å². The topological polar surface area (TPSA) is 56.8 Å². The normalized spacial score (nSPS) is 17.9. The van der Waals surface area contributed by atoms with E-state index in [0.717, 1.165) is 19.4 Å². The lowest BCUT2D eigenvalue weighted by molar-refractivity contribution is 0.0670. The van der Waals surface area contributed by atoms with Crippen molar-refractivity contribution in [2.24, 2.45) is 0 Å². The molecule has 1 aromatic rings. The van der Waals surface area contributed by atoms with Crippen molar-refractivity contribution in [2.75, 3.05) is 33.5 Å². The van der Waals surface area contributed by atoms with Crippen molar-refractivity contribution in [1.29, 1.82) is 0 Å². The molecular formula is C15H21NO4. The molecule has 1 atom stereocenters. The number of para-hydroxylation sites is 1. The summed E-state index contributed by atoms with van der Waals surface area (Å²) in [6.07, 6.45) is 2.23. The molecule has 1 N–H and O–H groups in total. The molecule has 0 unspecified atom stereocenters. The summed E-state index contributed by atoms with van der Waals surface area (Å²) >= 11 is 0. The molecule has 1 heterocycles. The lowest BCUT2D eigenvalue weighted by Crippen LogP contribution is -2.27. The molecule has 1 aliphatic rings. The highest BCUT2D eigenvalue weighted by molar-refractivity contribution is 5.96. The van der Waals surface area contributed by atoms with Crippen molar-refractivity contribution >= 4 is 5.91 Å². The predicted octanol–water partition coefficient (Wildman–Crippen LogP) is 1.62. The van der Waals surface area contributed by atoms with Gasteiger partial charge in [-0.2, -0.15) is 0 Å². The molecule has 2 rings (SSSR count). The van der Waals surface area contributed by atoms with Gasteiger partial charge in [-0.3, -0.25) is 4.79 Å². The molecule has 0 spiro atoms. The lowest BCUT2D eigenvalue weighted by atomic mass is 10.2. The quantitative estimate of drug-likeness (QED) is 0.771. The maximum absolute atomic E-state index is 12.1. The van der Waals surface area contributed by atoms with E-state index in [9.17, 15) is 4.79 Å². The number of nitrogens with one attached hydrogen (secondary N) is 1. The summed E-state index contributed by atoms with van der Waals surface area (Å²) in [5, 5.41) is 2.79. The fourth-order valence-electron chi connectivity index (χ4n) is 2.10. The zero-order valence-corrected chi connectivity index (χ0v) is 11.8. The number of carbonyl (C=O) groups is 1. The SMILES string of the molecule is COCCNC(=O)c1ccccc1OC[C@H]1CCCO1. The van der Waals surface area contributed by atoms with Crippen molar-refractivity contribution in [3.8, 4) is 5.75 Å². The van der Waals surface area contributed by atoms with E-state index in [4.69, 9.17) is 14.2 Å². The van der Waals surface area contributed by atoms with Crippen molar-refractivity contribution in [3.63, 3.8) is 0 Å². The molecule has 1 aliphatic heterocycles. The Bertz CT molecular complexity index is 430. The maximum Gasteiger partial charge on any atom is 0.255 e. The number of methoxy groups -OCH3 is 1. The van der Waals surface area contributed by atoms with Crippen LogP contribution >= 0.6 is 0 Å². The molecule has 110 valence electrons. The molecule has 0 aromatic heterocycles. The second kappa shape index (κ2) is 7.87. The number of carbonyl (C=O) groups excluding carboxylic acids is 1. The average Bonchev–Trinajstić information content (AvgIpc) is 2.99. The number of hydrogen-bond acceptors (Lipinski definition) is 4. The lowest BCUT2D eigenvalue weighted by Gasteiger charge is -2.14. The molecule has 1 aromatic carbocycles. The van der Waals surface area contributed by atoms with Gasteiger partial charge in [0.05, 0.1) is 18.3 Å². The smallest absolute Gasteiger partial charge is 0.255 e. The predicted molar refractivity (Wildman–Crippen MR) is 75.1 cm³/mol. The second-order valence-electron chi connectivity index (χ2n) is 4.69.